The fourth-order valence-corrected chi connectivity index (χ4v) is 8.00. The Morgan fingerprint density at radius 1 is 0.600 bits per heavy atom. The van der Waals surface area contributed by atoms with Gasteiger partial charge in [-0.25, -0.2) is 0 Å². The molecule has 0 N–H and O–H groups in total. The van der Waals surface area contributed by atoms with Crippen molar-refractivity contribution >= 4 is 44.2 Å². The van der Waals surface area contributed by atoms with Gasteiger partial charge < -0.3 is 0 Å². The molecule has 2 nitrogen and oxygen atoms in total. The van der Waals surface area contributed by atoms with Gasteiger partial charge in [0.15, 0.2) is 0 Å². The number of nitrogens with zero attached hydrogens (tertiary/aromatic N) is 2. The van der Waals surface area contributed by atoms with Crippen molar-refractivity contribution in [3.63, 3.8) is 0 Å². The van der Waals surface area contributed by atoms with Gasteiger partial charge in [0, 0.05) is 0 Å². The topological polar surface area (TPSA) is 25.8 Å². The van der Waals surface area contributed by atoms with Gasteiger partial charge in [-0.05, 0) is 0 Å². The Morgan fingerprint density at radius 2 is 0.950 bits per heavy atom. The molecule has 0 aliphatic carbocycles. The molecule has 4 heteroatoms. The molecule has 0 unspecified atom stereocenters. The maximum atomic E-state index is 4.89. The Hall–Kier alpha value is -0.103. The van der Waals surface area contributed by atoms with E-state index < -0.39 is 36.8 Å². The first kappa shape index (κ1) is 16.3. The summed E-state index contributed by atoms with van der Waals surface area (Å²) in [6.45, 7) is 0. The first-order valence-electron chi connectivity index (χ1n) is 7.13. The fourth-order valence-electron chi connectivity index (χ4n) is 1.99. The van der Waals surface area contributed by atoms with E-state index in [2.05, 4.69) is 66.0 Å². The molecule has 2 heterocycles. The molecule has 0 bridgehead atoms. The summed E-state index contributed by atoms with van der Waals surface area (Å²) in [6.07, 6.45) is 0. The Balaban J connectivity index is 2.47. The van der Waals surface area contributed by atoms with Crippen LogP contribution in [0.4, 0.5) is 0 Å². The first-order valence-corrected chi connectivity index (χ1v) is 27.1. The van der Waals surface area contributed by atoms with Crippen molar-refractivity contribution in [1.82, 2.24) is 9.97 Å². The van der Waals surface area contributed by atoms with E-state index >= 15 is 0 Å². The maximum absolute atomic E-state index is 4.89. The predicted octanol–water partition coefficient (Wildman–Crippen LogP) is 3.23. The zero-order valence-electron chi connectivity index (χ0n) is 13.4. The van der Waals surface area contributed by atoms with Crippen LogP contribution in [0, 0.1) is 0 Å². The predicted molar refractivity (Wildman–Crippen MR) is 93.4 cm³/mol. The SMILES string of the molecule is [CH3][Sn]([CH3])([CH3])[c]1cccc(-c2ccc[c]([Sn]([CH3])([CH3])[CH3])n2)n1. The van der Waals surface area contributed by atoms with E-state index in [4.69, 9.17) is 9.97 Å². The van der Waals surface area contributed by atoms with Crippen molar-refractivity contribution in [1.29, 1.82) is 0 Å². The van der Waals surface area contributed by atoms with Gasteiger partial charge in [-0.15, -0.1) is 0 Å². The molecule has 0 saturated carbocycles. The van der Waals surface area contributed by atoms with Crippen LogP contribution >= 0.6 is 0 Å². The number of aromatic nitrogens is 2. The molecule has 0 aliphatic rings. The van der Waals surface area contributed by atoms with E-state index in [9.17, 15) is 0 Å². The number of rotatable bonds is 3. The van der Waals surface area contributed by atoms with Crippen LogP contribution in [0.3, 0.4) is 0 Å². The van der Waals surface area contributed by atoms with E-state index in [1.54, 1.807) is 0 Å². The Bertz CT molecular complexity index is 555. The summed E-state index contributed by atoms with van der Waals surface area (Å²) >= 11 is -4.22. The van der Waals surface area contributed by atoms with Gasteiger partial charge >= 0.3 is 132 Å². The van der Waals surface area contributed by atoms with E-state index in [0.717, 1.165) is 11.4 Å². The number of hydrogen-bond donors (Lipinski definition) is 0. The molecule has 2 aromatic heterocycles. The zero-order chi connectivity index (χ0) is 15.0. The summed E-state index contributed by atoms with van der Waals surface area (Å²) in [5.41, 5.74) is 2.07. The van der Waals surface area contributed by atoms with Crippen LogP contribution in [0.15, 0.2) is 36.4 Å². The first-order chi connectivity index (χ1) is 9.18. The molecule has 0 aromatic carbocycles. The van der Waals surface area contributed by atoms with Crippen LogP contribution in [-0.4, -0.2) is 46.7 Å². The molecular formula is C16H24N2Sn2. The molecule has 0 saturated heterocycles. The molecule has 0 aliphatic heterocycles. The van der Waals surface area contributed by atoms with Gasteiger partial charge in [0.2, 0.25) is 0 Å². The fraction of sp³-hybridized carbons (Fsp3) is 0.375. The Labute approximate surface area is 130 Å². The van der Waals surface area contributed by atoms with Crippen LogP contribution in [0.25, 0.3) is 11.4 Å². The molecular weight excluding hydrogens is 458 g/mol. The Morgan fingerprint density at radius 3 is 1.25 bits per heavy atom. The van der Waals surface area contributed by atoms with E-state index in [0.29, 0.717) is 0 Å². The van der Waals surface area contributed by atoms with Crippen molar-refractivity contribution in [2.75, 3.05) is 0 Å². The summed E-state index contributed by atoms with van der Waals surface area (Å²) < 4.78 is 2.64. The molecule has 2 aromatic rings. The molecule has 20 heavy (non-hydrogen) atoms. The summed E-state index contributed by atoms with van der Waals surface area (Å²) in [5.74, 6) is 0. The number of pyridine rings is 2. The molecule has 0 fully saturated rings. The third kappa shape index (κ3) is 3.97. The second kappa shape index (κ2) is 5.95. The third-order valence-electron chi connectivity index (χ3n) is 3.30. The standard InChI is InChI=1S/C10H6N2.6CH3.2Sn/c1-3-7-11-9(5-1)10-6-2-4-8-12-10;;;;;;;;/h1-6H;6*1H3;;. The zero-order valence-corrected chi connectivity index (χ0v) is 19.1. The minimum atomic E-state index is -2.11. The second-order valence-corrected chi connectivity index (χ2v) is 35.9. The van der Waals surface area contributed by atoms with Crippen molar-refractivity contribution in [2.24, 2.45) is 0 Å². The van der Waals surface area contributed by atoms with Gasteiger partial charge in [0.05, 0.1) is 0 Å². The summed E-state index contributed by atoms with van der Waals surface area (Å²) in [6, 6.07) is 12.8. The second-order valence-electron chi connectivity index (χ2n) is 7.32. The van der Waals surface area contributed by atoms with Crippen molar-refractivity contribution in [3.05, 3.63) is 36.4 Å². The monoisotopic (exact) mass is 484 g/mol. The summed E-state index contributed by atoms with van der Waals surface area (Å²) in [7, 11) is 0. The van der Waals surface area contributed by atoms with E-state index in [-0.39, 0.29) is 0 Å². The van der Waals surface area contributed by atoms with Gasteiger partial charge in [0.1, 0.15) is 0 Å². The Kier molecular flexibility index (Phi) is 4.84. The van der Waals surface area contributed by atoms with Crippen molar-refractivity contribution in [3.8, 4) is 11.4 Å². The van der Waals surface area contributed by atoms with Crippen LogP contribution in [0.2, 0.25) is 29.6 Å². The average Bonchev–Trinajstić information content (AvgIpc) is 2.37. The molecule has 0 spiro atoms. The van der Waals surface area contributed by atoms with E-state index in [1.165, 1.54) is 7.42 Å². The van der Waals surface area contributed by atoms with Crippen LogP contribution < -0.4 is 7.42 Å². The van der Waals surface area contributed by atoms with Gasteiger partial charge in [-0.3, -0.25) is 0 Å². The van der Waals surface area contributed by atoms with Crippen molar-refractivity contribution in [2.45, 2.75) is 29.6 Å². The third-order valence-corrected chi connectivity index (χ3v) is 13.7. The molecule has 106 valence electrons. The normalized spacial score (nSPS) is 12.5. The minimum absolute atomic E-state index is 1.03. The van der Waals surface area contributed by atoms with Crippen LogP contribution in [-0.2, 0) is 0 Å². The van der Waals surface area contributed by atoms with Crippen LogP contribution in [0.5, 0.6) is 0 Å². The van der Waals surface area contributed by atoms with Gasteiger partial charge in [-0.1, -0.05) is 0 Å². The van der Waals surface area contributed by atoms with Crippen LogP contribution in [0.1, 0.15) is 0 Å². The van der Waals surface area contributed by atoms with E-state index in [1.807, 2.05) is 0 Å². The number of hydrogen-bond acceptors (Lipinski definition) is 2. The van der Waals surface area contributed by atoms with Gasteiger partial charge in [-0.2, -0.15) is 0 Å². The quantitative estimate of drug-likeness (QED) is 0.629. The summed E-state index contributed by atoms with van der Waals surface area (Å²) in [4.78, 5) is 24.2. The molecule has 2 rings (SSSR count). The summed E-state index contributed by atoms with van der Waals surface area (Å²) in [5, 5.41) is 0. The molecule has 0 atom stereocenters. The average molecular weight is 482 g/mol. The van der Waals surface area contributed by atoms with Crippen molar-refractivity contribution < 1.29 is 0 Å². The molecule has 0 amide bonds. The molecule has 0 radical (unpaired) electrons. The van der Waals surface area contributed by atoms with Gasteiger partial charge in [0.25, 0.3) is 0 Å².